The summed E-state index contributed by atoms with van der Waals surface area (Å²) in [5, 5.41) is 0. The lowest BCUT2D eigenvalue weighted by Crippen LogP contribution is -2.04. The molecule has 0 fully saturated rings. The summed E-state index contributed by atoms with van der Waals surface area (Å²) in [6.45, 7) is 8.54. The minimum atomic E-state index is -0.186. The molecule has 0 bridgehead atoms. The van der Waals surface area contributed by atoms with Crippen LogP contribution in [0.2, 0.25) is 0 Å². The molecule has 0 rings (SSSR count). The van der Waals surface area contributed by atoms with Gasteiger partial charge in [0, 0.05) is 6.92 Å². The maximum absolute atomic E-state index is 10.6. The fraction of sp³-hybridized carbons (Fsp3) is 0.769. The van der Waals surface area contributed by atoms with Crippen molar-refractivity contribution >= 4 is 5.97 Å². The highest BCUT2D eigenvalue weighted by molar-refractivity contribution is 5.65. The van der Waals surface area contributed by atoms with Crippen LogP contribution in [0.3, 0.4) is 0 Å². The third kappa shape index (κ3) is 9.51. The van der Waals surface area contributed by atoms with E-state index in [0.29, 0.717) is 12.5 Å². The summed E-state index contributed by atoms with van der Waals surface area (Å²) >= 11 is 0. The SMILES string of the molecule is CCCCC(C)=CC(C)CCOC(C)=O. The first-order valence-electron chi connectivity index (χ1n) is 5.87. The fourth-order valence-corrected chi connectivity index (χ4v) is 1.50. The first kappa shape index (κ1) is 14.2. The Balaban J connectivity index is 3.69. The number of carbonyl (C=O) groups excluding carboxylic acids is 1. The highest BCUT2D eigenvalue weighted by Crippen LogP contribution is 2.12. The van der Waals surface area contributed by atoms with Gasteiger partial charge in [-0.15, -0.1) is 0 Å². The zero-order valence-electron chi connectivity index (χ0n) is 10.5. The van der Waals surface area contributed by atoms with Gasteiger partial charge in [0.15, 0.2) is 0 Å². The number of allylic oxidation sites excluding steroid dienone is 2. The van der Waals surface area contributed by atoms with Crippen LogP contribution in [0, 0.1) is 5.92 Å². The third-order valence-electron chi connectivity index (χ3n) is 2.37. The highest BCUT2D eigenvalue weighted by atomic mass is 16.5. The Hall–Kier alpha value is -0.790. The van der Waals surface area contributed by atoms with E-state index in [1.54, 1.807) is 0 Å². The molecular formula is C13H24O2. The highest BCUT2D eigenvalue weighted by Gasteiger charge is 2.00. The van der Waals surface area contributed by atoms with Crippen LogP contribution < -0.4 is 0 Å². The molecule has 2 heteroatoms. The molecule has 0 radical (unpaired) electrons. The molecule has 0 aromatic rings. The van der Waals surface area contributed by atoms with Gasteiger partial charge in [0.1, 0.15) is 0 Å². The van der Waals surface area contributed by atoms with Crippen LogP contribution in [0.5, 0.6) is 0 Å². The topological polar surface area (TPSA) is 26.3 Å². The predicted molar refractivity (Wildman–Crippen MR) is 63.7 cm³/mol. The van der Waals surface area contributed by atoms with Crippen molar-refractivity contribution in [3.05, 3.63) is 11.6 Å². The molecule has 0 spiro atoms. The molecule has 0 N–H and O–H groups in total. The molecule has 0 saturated heterocycles. The molecule has 0 aromatic carbocycles. The van der Waals surface area contributed by atoms with E-state index in [0.717, 1.165) is 6.42 Å². The smallest absolute Gasteiger partial charge is 0.302 e. The first-order valence-corrected chi connectivity index (χ1v) is 5.87. The lowest BCUT2D eigenvalue weighted by Gasteiger charge is -2.08. The second-order valence-corrected chi connectivity index (χ2v) is 4.22. The summed E-state index contributed by atoms with van der Waals surface area (Å²) in [7, 11) is 0. The van der Waals surface area contributed by atoms with Gasteiger partial charge in [0.05, 0.1) is 6.61 Å². The number of rotatable bonds is 7. The third-order valence-corrected chi connectivity index (χ3v) is 2.37. The monoisotopic (exact) mass is 212 g/mol. The van der Waals surface area contributed by atoms with Crippen molar-refractivity contribution in [1.82, 2.24) is 0 Å². The van der Waals surface area contributed by atoms with Gasteiger partial charge in [-0.2, -0.15) is 0 Å². The Bertz CT molecular complexity index is 207. The molecule has 0 aliphatic carbocycles. The Morgan fingerprint density at radius 2 is 2.07 bits per heavy atom. The predicted octanol–water partition coefficient (Wildman–Crippen LogP) is 3.71. The summed E-state index contributed by atoms with van der Waals surface area (Å²) in [5.41, 5.74) is 1.45. The van der Waals surface area contributed by atoms with Crippen molar-refractivity contribution in [3.63, 3.8) is 0 Å². The van der Waals surface area contributed by atoms with Crippen LogP contribution in [0.1, 0.15) is 53.4 Å². The normalized spacial score (nSPS) is 13.7. The van der Waals surface area contributed by atoms with Gasteiger partial charge in [-0.3, -0.25) is 4.79 Å². The molecule has 0 aliphatic heterocycles. The largest absolute Gasteiger partial charge is 0.466 e. The van der Waals surface area contributed by atoms with E-state index in [4.69, 9.17) is 4.74 Å². The second kappa shape index (κ2) is 8.51. The molecule has 1 atom stereocenters. The van der Waals surface area contributed by atoms with E-state index in [1.165, 1.54) is 31.8 Å². The number of hydrogen-bond acceptors (Lipinski definition) is 2. The number of ether oxygens (including phenoxy) is 1. The average Bonchev–Trinajstić information content (AvgIpc) is 2.14. The summed E-state index contributed by atoms with van der Waals surface area (Å²) in [4.78, 5) is 10.6. The summed E-state index contributed by atoms with van der Waals surface area (Å²) in [6.07, 6.45) is 6.91. The lowest BCUT2D eigenvalue weighted by molar-refractivity contribution is -0.141. The number of carbonyl (C=O) groups is 1. The summed E-state index contributed by atoms with van der Waals surface area (Å²) in [5.74, 6) is 0.315. The van der Waals surface area contributed by atoms with Crippen LogP contribution in [-0.4, -0.2) is 12.6 Å². The Labute approximate surface area is 93.7 Å². The summed E-state index contributed by atoms with van der Waals surface area (Å²) in [6, 6.07) is 0. The maximum atomic E-state index is 10.6. The van der Waals surface area contributed by atoms with Crippen molar-refractivity contribution < 1.29 is 9.53 Å². The van der Waals surface area contributed by atoms with Crippen molar-refractivity contribution in [3.8, 4) is 0 Å². The number of unbranched alkanes of at least 4 members (excludes halogenated alkanes) is 1. The van der Waals surface area contributed by atoms with Crippen LogP contribution in [0.4, 0.5) is 0 Å². The van der Waals surface area contributed by atoms with E-state index >= 15 is 0 Å². The van der Waals surface area contributed by atoms with E-state index in [-0.39, 0.29) is 5.97 Å². The van der Waals surface area contributed by atoms with Gasteiger partial charge in [-0.25, -0.2) is 0 Å². The maximum Gasteiger partial charge on any atom is 0.302 e. The van der Waals surface area contributed by atoms with Gasteiger partial charge in [-0.05, 0) is 32.1 Å². The van der Waals surface area contributed by atoms with E-state index in [2.05, 4.69) is 26.8 Å². The standard InChI is InChI=1S/C13H24O2/c1-5-6-7-11(2)10-12(3)8-9-15-13(4)14/h10,12H,5-9H2,1-4H3. The molecule has 1 unspecified atom stereocenters. The quantitative estimate of drug-likeness (QED) is 0.475. The molecule has 0 aromatic heterocycles. The number of esters is 1. The van der Waals surface area contributed by atoms with Gasteiger partial charge in [0.2, 0.25) is 0 Å². The van der Waals surface area contributed by atoms with Crippen molar-refractivity contribution in [2.24, 2.45) is 5.92 Å². The van der Waals surface area contributed by atoms with Crippen molar-refractivity contribution in [2.45, 2.75) is 53.4 Å². The molecule has 0 amide bonds. The van der Waals surface area contributed by atoms with Crippen LogP contribution in [-0.2, 0) is 9.53 Å². The minimum Gasteiger partial charge on any atom is -0.466 e. The van der Waals surface area contributed by atoms with Gasteiger partial charge < -0.3 is 4.74 Å². The Morgan fingerprint density at radius 3 is 2.60 bits per heavy atom. The second-order valence-electron chi connectivity index (χ2n) is 4.22. The van der Waals surface area contributed by atoms with Gasteiger partial charge >= 0.3 is 5.97 Å². The Morgan fingerprint density at radius 1 is 1.40 bits per heavy atom. The zero-order chi connectivity index (χ0) is 11.7. The molecule has 0 heterocycles. The Kier molecular flexibility index (Phi) is 8.06. The van der Waals surface area contributed by atoms with Crippen molar-refractivity contribution in [1.29, 1.82) is 0 Å². The molecule has 15 heavy (non-hydrogen) atoms. The van der Waals surface area contributed by atoms with Crippen LogP contribution in [0.15, 0.2) is 11.6 Å². The molecule has 2 nitrogen and oxygen atoms in total. The zero-order valence-corrected chi connectivity index (χ0v) is 10.5. The fourth-order valence-electron chi connectivity index (χ4n) is 1.50. The number of hydrogen-bond donors (Lipinski definition) is 0. The lowest BCUT2D eigenvalue weighted by atomic mass is 10.0. The molecule has 0 saturated carbocycles. The van der Waals surface area contributed by atoms with Crippen LogP contribution >= 0.6 is 0 Å². The van der Waals surface area contributed by atoms with Crippen molar-refractivity contribution in [2.75, 3.05) is 6.61 Å². The van der Waals surface area contributed by atoms with Gasteiger partial charge in [-0.1, -0.05) is 31.9 Å². The average molecular weight is 212 g/mol. The van der Waals surface area contributed by atoms with E-state index < -0.39 is 0 Å². The van der Waals surface area contributed by atoms with E-state index in [9.17, 15) is 4.79 Å². The summed E-state index contributed by atoms with van der Waals surface area (Å²) < 4.78 is 4.91. The minimum absolute atomic E-state index is 0.186. The van der Waals surface area contributed by atoms with Gasteiger partial charge in [0.25, 0.3) is 0 Å². The molecule has 88 valence electrons. The first-order chi connectivity index (χ1) is 7.06. The van der Waals surface area contributed by atoms with E-state index in [1.807, 2.05) is 0 Å². The van der Waals surface area contributed by atoms with Crippen LogP contribution in [0.25, 0.3) is 0 Å². The molecule has 0 aliphatic rings. The molecular weight excluding hydrogens is 188 g/mol.